The molecule has 1 aliphatic carbocycles. The molecule has 0 spiro atoms. The number of benzene rings is 1. The zero-order valence-corrected chi connectivity index (χ0v) is 15.3. The second-order valence-electron chi connectivity index (χ2n) is 6.58. The molecule has 8 heteroatoms. The molecule has 27 heavy (non-hydrogen) atoms. The van der Waals surface area contributed by atoms with Crippen LogP contribution in [-0.2, 0) is 0 Å². The second kappa shape index (κ2) is 8.31. The smallest absolute Gasteiger partial charge is 0.406 e. The van der Waals surface area contributed by atoms with E-state index in [0.29, 0.717) is 10.4 Å². The minimum Gasteiger partial charge on any atom is -0.406 e. The number of ether oxygens (including phenoxy) is 1. The molecule has 0 bridgehead atoms. The van der Waals surface area contributed by atoms with E-state index in [0.717, 1.165) is 31.2 Å². The van der Waals surface area contributed by atoms with E-state index in [9.17, 15) is 23.1 Å². The third-order valence-electron chi connectivity index (χ3n) is 4.70. The summed E-state index contributed by atoms with van der Waals surface area (Å²) < 4.78 is 40.5. The summed E-state index contributed by atoms with van der Waals surface area (Å²) in [6.07, 6.45) is -0.863. The van der Waals surface area contributed by atoms with Crippen LogP contribution in [0.4, 0.5) is 13.2 Å². The highest BCUT2D eigenvalue weighted by atomic mass is 32.1. The molecule has 1 aliphatic rings. The van der Waals surface area contributed by atoms with Gasteiger partial charge in [-0.25, -0.2) is 0 Å². The van der Waals surface area contributed by atoms with Gasteiger partial charge in [0.2, 0.25) is 0 Å². The van der Waals surface area contributed by atoms with Crippen molar-refractivity contribution < 1.29 is 27.8 Å². The van der Waals surface area contributed by atoms with Gasteiger partial charge in [0.25, 0.3) is 5.91 Å². The lowest BCUT2D eigenvalue weighted by Crippen LogP contribution is -2.43. The van der Waals surface area contributed by atoms with Crippen molar-refractivity contribution in [1.29, 1.82) is 0 Å². The van der Waals surface area contributed by atoms with Gasteiger partial charge in [0.05, 0.1) is 4.88 Å². The molecule has 1 amide bonds. The molecule has 2 N–H and O–H groups in total. The summed E-state index contributed by atoms with van der Waals surface area (Å²) in [5.41, 5.74) is 1.46. The van der Waals surface area contributed by atoms with E-state index in [2.05, 4.69) is 10.1 Å². The van der Waals surface area contributed by atoms with Crippen LogP contribution in [0, 0.1) is 5.92 Å². The summed E-state index contributed by atoms with van der Waals surface area (Å²) in [5.74, 6) is -0.385. The number of aliphatic hydroxyl groups excluding tert-OH is 1. The number of rotatable bonds is 5. The summed E-state index contributed by atoms with van der Waals surface area (Å²) in [6.45, 7) is 0.0625. The van der Waals surface area contributed by atoms with Crippen molar-refractivity contribution in [3.05, 3.63) is 40.6 Å². The van der Waals surface area contributed by atoms with E-state index in [-0.39, 0.29) is 30.2 Å². The summed E-state index contributed by atoms with van der Waals surface area (Å²) in [7, 11) is 0. The quantitative estimate of drug-likeness (QED) is 0.773. The summed E-state index contributed by atoms with van der Waals surface area (Å²) in [6, 6.07) is 7.22. The molecule has 1 heterocycles. The summed E-state index contributed by atoms with van der Waals surface area (Å²) >= 11 is 1.28. The lowest BCUT2D eigenvalue weighted by molar-refractivity contribution is -0.274. The van der Waals surface area contributed by atoms with Gasteiger partial charge in [0.1, 0.15) is 5.75 Å². The second-order valence-corrected chi connectivity index (χ2v) is 7.49. The van der Waals surface area contributed by atoms with E-state index in [4.69, 9.17) is 0 Å². The van der Waals surface area contributed by atoms with Crippen molar-refractivity contribution in [3.8, 4) is 16.9 Å². The largest absolute Gasteiger partial charge is 0.573 e. The minimum absolute atomic E-state index is 0.0272. The van der Waals surface area contributed by atoms with Crippen molar-refractivity contribution in [2.75, 3.05) is 6.61 Å². The highest BCUT2D eigenvalue weighted by Crippen LogP contribution is 2.30. The van der Waals surface area contributed by atoms with Gasteiger partial charge in [0.15, 0.2) is 0 Å². The van der Waals surface area contributed by atoms with E-state index >= 15 is 0 Å². The average Bonchev–Trinajstić information content (AvgIpc) is 3.12. The molecule has 2 aromatic rings. The monoisotopic (exact) mass is 399 g/mol. The third kappa shape index (κ3) is 5.23. The predicted molar refractivity (Wildman–Crippen MR) is 96.7 cm³/mol. The SMILES string of the molecule is O=C(NC1CCCCC1CO)c1cc(-c2ccc(OC(F)(F)F)cc2)cs1. The summed E-state index contributed by atoms with van der Waals surface area (Å²) in [4.78, 5) is 13.0. The maximum atomic E-state index is 12.5. The standard InChI is InChI=1S/C19H20F3NO3S/c20-19(21,22)26-15-7-5-12(6-8-15)14-9-17(27-11-14)18(25)23-16-4-2-1-3-13(16)10-24/h5-9,11,13,16,24H,1-4,10H2,(H,23,25). The van der Waals surface area contributed by atoms with Crippen LogP contribution in [0.25, 0.3) is 11.1 Å². The Morgan fingerprint density at radius 2 is 1.89 bits per heavy atom. The van der Waals surface area contributed by atoms with Gasteiger partial charge in [0, 0.05) is 18.6 Å². The summed E-state index contributed by atoms with van der Waals surface area (Å²) in [5, 5.41) is 14.3. The first-order chi connectivity index (χ1) is 12.9. The Morgan fingerprint density at radius 3 is 2.56 bits per heavy atom. The van der Waals surface area contributed by atoms with Crippen LogP contribution in [0.3, 0.4) is 0 Å². The maximum absolute atomic E-state index is 12.5. The van der Waals surface area contributed by atoms with Crippen molar-refractivity contribution in [2.45, 2.75) is 38.1 Å². The number of halogens is 3. The molecule has 0 saturated heterocycles. The van der Waals surface area contributed by atoms with E-state index < -0.39 is 6.36 Å². The molecule has 1 fully saturated rings. The zero-order chi connectivity index (χ0) is 19.4. The first-order valence-electron chi connectivity index (χ1n) is 8.72. The van der Waals surface area contributed by atoms with Gasteiger partial charge in [-0.1, -0.05) is 25.0 Å². The van der Waals surface area contributed by atoms with Gasteiger partial charge in [-0.05, 0) is 47.5 Å². The van der Waals surface area contributed by atoms with E-state index in [1.807, 2.05) is 0 Å². The molecule has 0 aliphatic heterocycles. The number of alkyl halides is 3. The lowest BCUT2D eigenvalue weighted by Gasteiger charge is -2.30. The van der Waals surface area contributed by atoms with Gasteiger partial charge in [-0.2, -0.15) is 0 Å². The zero-order valence-electron chi connectivity index (χ0n) is 14.5. The van der Waals surface area contributed by atoms with Crippen LogP contribution < -0.4 is 10.1 Å². The molecule has 2 atom stereocenters. The number of amides is 1. The molecule has 1 saturated carbocycles. The Morgan fingerprint density at radius 1 is 1.19 bits per heavy atom. The Kier molecular flexibility index (Phi) is 6.06. The Hall–Kier alpha value is -2.06. The topological polar surface area (TPSA) is 58.6 Å². The Labute approximate surface area is 159 Å². The van der Waals surface area contributed by atoms with E-state index in [1.54, 1.807) is 11.4 Å². The van der Waals surface area contributed by atoms with Crippen LogP contribution in [0.1, 0.15) is 35.4 Å². The fraction of sp³-hybridized carbons (Fsp3) is 0.421. The lowest BCUT2D eigenvalue weighted by atomic mass is 9.85. The molecule has 146 valence electrons. The third-order valence-corrected chi connectivity index (χ3v) is 5.63. The van der Waals surface area contributed by atoms with Crippen molar-refractivity contribution in [3.63, 3.8) is 0 Å². The van der Waals surface area contributed by atoms with Crippen molar-refractivity contribution >= 4 is 17.2 Å². The average molecular weight is 399 g/mol. The number of nitrogens with one attached hydrogen (secondary N) is 1. The number of carbonyl (C=O) groups is 1. The number of aliphatic hydroxyl groups is 1. The van der Waals surface area contributed by atoms with Gasteiger partial charge in [-0.15, -0.1) is 24.5 Å². The molecule has 4 nitrogen and oxygen atoms in total. The number of hydrogen-bond acceptors (Lipinski definition) is 4. The normalized spacial score (nSPS) is 20.3. The molecule has 1 aromatic heterocycles. The molecular formula is C19H20F3NO3S. The minimum atomic E-state index is -4.72. The fourth-order valence-electron chi connectivity index (χ4n) is 3.31. The van der Waals surface area contributed by atoms with Crippen LogP contribution in [0.5, 0.6) is 5.75 Å². The highest BCUT2D eigenvalue weighted by Gasteiger charge is 2.31. The first kappa shape index (κ1) is 19.7. The maximum Gasteiger partial charge on any atom is 0.573 e. The molecule has 0 radical (unpaired) electrons. The van der Waals surface area contributed by atoms with Gasteiger partial charge in [-0.3, -0.25) is 4.79 Å². The van der Waals surface area contributed by atoms with Crippen LogP contribution >= 0.6 is 11.3 Å². The number of carbonyl (C=O) groups excluding carboxylic acids is 1. The van der Waals surface area contributed by atoms with Crippen LogP contribution in [0.2, 0.25) is 0 Å². The van der Waals surface area contributed by atoms with Crippen LogP contribution in [0.15, 0.2) is 35.7 Å². The van der Waals surface area contributed by atoms with Crippen LogP contribution in [-0.4, -0.2) is 30.0 Å². The Balaban J connectivity index is 1.66. The number of hydrogen-bond donors (Lipinski definition) is 2. The number of thiophene rings is 1. The molecule has 3 rings (SSSR count). The van der Waals surface area contributed by atoms with Crippen molar-refractivity contribution in [2.24, 2.45) is 5.92 Å². The first-order valence-corrected chi connectivity index (χ1v) is 9.60. The van der Waals surface area contributed by atoms with Gasteiger partial charge >= 0.3 is 6.36 Å². The van der Waals surface area contributed by atoms with Crippen molar-refractivity contribution in [1.82, 2.24) is 5.32 Å². The predicted octanol–water partition coefficient (Wildman–Crippen LogP) is 4.59. The molecule has 1 aromatic carbocycles. The van der Waals surface area contributed by atoms with E-state index in [1.165, 1.54) is 35.6 Å². The Bertz CT molecular complexity index is 773. The fourth-order valence-corrected chi connectivity index (χ4v) is 4.13. The highest BCUT2D eigenvalue weighted by molar-refractivity contribution is 7.12. The molecule has 2 unspecified atom stereocenters. The van der Waals surface area contributed by atoms with Gasteiger partial charge < -0.3 is 15.2 Å². The molecular weight excluding hydrogens is 379 g/mol.